The fraction of sp³-hybridized carbons (Fsp3) is 0.625. The maximum Gasteiger partial charge on any atom is 0.0471 e. The van der Waals surface area contributed by atoms with Gasteiger partial charge in [-0.25, -0.2) is 0 Å². The number of benzene rings is 1. The van der Waals surface area contributed by atoms with E-state index < -0.39 is 0 Å². The number of nitrogens with two attached hydrogens (primary N) is 1. The van der Waals surface area contributed by atoms with Gasteiger partial charge in [0.15, 0.2) is 0 Å². The first kappa shape index (κ1) is 16.5. The summed E-state index contributed by atoms with van der Waals surface area (Å²) in [6.07, 6.45) is 3.83. The van der Waals surface area contributed by atoms with Crippen molar-refractivity contribution in [1.29, 1.82) is 0 Å². The molecule has 2 rings (SSSR count). The SMILES string of the molecule is CCC1(CC)CCN(C(CN)c2ccc(Br)c(Br)c2)C1. The number of halogens is 2. The zero-order chi connectivity index (χ0) is 14.8. The van der Waals surface area contributed by atoms with Gasteiger partial charge in [0.2, 0.25) is 0 Å². The first-order chi connectivity index (χ1) is 9.55. The summed E-state index contributed by atoms with van der Waals surface area (Å²) in [6.45, 7) is 7.66. The molecule has 0 saturated carbocycles. The Morgan fingerprint density at radius 1 is 1.25 bits per heavy atom. The van der Waals surface area contributed by atoms with Gasteiger partial charge in [-0.15, -0.1) is 0 Å². The fourth-order valence-corrected chi connectivity index (χ4v) is 3.92. The molecule has 2 N–H and O–H groups in total. The van der Waals surface area contributed by atoms with E-state index in [2.05, 4.69) is 68.8 Å². The van der Waals surface area contributed by atoms with Crippen LogP contribution in [0.4, 0.5) is 0 Å². The highest BCUT2D eigenvalue weighted by molar-refractivity contribution is 9.13. The molecule has 1 fully saturated rings. The van der Waals surface area contributed by atoms with Crippen LogP contribution in [-0.2, 0) is 0 Å². The molecule has 20 heavy (non-hydrogen) atoms. The minimum absolute atomic E-state index is 0.333. The second-order valence-electron chi connectivity index (χ2n) is 5.85. The molecule has 1 heterocycles. The van der Waals surface area contributed by atoms with Crippen LogP contribution in [-0.4, -0.2) is 24.5 Å². The molecule has 0 bridgehead atoms. The predicted molar refractivity (Wildman–Crippen MR) is 92.8 cm³/mol. The van der Waals surface area contributed by atoms with Crippen molar-refractivity contribution in [2.24, 2.45) is 11.1 Å². The molecule has 0 aromatic heterocycles. The molecule has 112 valence electrons. The summed E-state index contributed by atoms with van der Waals surface area (Å²) in [5, 5.41) is 0. The molecule has 2 nitrogen and oxygen atoms in total. The van der Waals surface area contributed by atoms with Crippen LogP contribution in [0.15, 0.2) is 27.1 Å². The topological polar surface area (TPSA) is 29.3 Å². The van der Waals surface area contributed by atoms with Crippen LogP contribution in [0, 0.1) is 5.41 Å². The van der Waals surface area contributed by atoms with Gasteiger partial charge in [-0.2, -0.15) is 0 Å². The highest BCUT2D eigenvalue weighted by Crippen LogP contribution is 2.40. The predicted octanol–water partition coefficient (Wildman–Crippen LogP) is 4.72. The molecule has 1 aliphatic rings. The lowest BCUT2D eigenvalue weighted by Crippen LogP contribution is -2.34. The molecule has 0 amide bonds. The van der Waals surface area contributed by atoms with Crippen molar-refractivity contribution >= 4 is 31.9 Å². The summed E-state index contributed by atoms with van der Waals surface area (Å²) in [5.41, 5.74) is 7.89. The Morgan fingerprint density at radius 2 is 1.95 bits per heavy atom. The average molecular weight is 404 g/mol. The van der Waals surface area contributed by atoms with Crippen molar-refractivity contribution in [3.05, 3.63) is 32.7 Å². The molecule has 1 aromatic rings. The molecule has 0 radical (unpaired) electrons. The van der Waals surface area contributed by atoms with Crippen LogP contribution in [0.2, 0.25) is 0 Å². The van der Waals surface area contributed by atoms with E-state index in [0.717, 1.165) is 15.5 Å². The first-order valence-corrected chi connectivity index (χ1v) is 9.03. The van der Waals surface area contributed by atoms with Gasteiger partial charge in [-0.05, 0) is 80.8 Å². The molecule has 1 aromatic carbocycles. The highest BCUT2D eigenvalue weighted by atomic mass is 79.9. The molecule has 1 aliphatic heterocycles. The summed E-state index contributed by atoms with van der Waals surface area (Å²) in [6, 6.07) is 6.81. The van der Waals surface area contributed by atoms with Gasteiger partial charge in [0, 0.05) is 28.1 Å². The zero-order valence-corrected chi connectivity index (χ0v) is 15.5. The molecule has 1 saturated heterocycles. The Hall–Kier alpha value is 0.1000. The molecular weight excluding hydrogens is 380 g/mol. The number of likely N-dealkylation sites (tertiary alicyclic amines) is 1. The Labute approximate surface area is 139 Å². The molecule has 0 aliphatic carbocycles. The summed E-state index contributed by atoms with van der Waals surface area (Å²) >= 11 is 7.13. The molecule has 1 unspecified atom stereocenters. The van der Waals surface area contributed by atoms with E-state index in [1.54, 1.807) is 0 Å². The van der Waals surface area contributed by atoms with Crippen LogP contribution < -0.4 is 5.73 Å². The Balaban J connectivity index is 2.19. The van der Waals surface area contributed by atoms with Gasteiger partial charge in [0.1, 0.15) is 0 Å². The average Bonchev–Trinajstić information content (AvgIpc) is 2.88. The number of nitrogens with zero attached hydrogens (tertiary/aromatic N) is 1. The van der Waals surface area contributed by atoms with E-state index in [9.17, 15) is 0 Å². The Bertz CT molecular complexity index is 458. The van der Waals surface area contributed by atoms with E-state index >= 15 is 0 Å². The van der Waals surface area contributed by atoms with E-state index in [1.807, 2.05) is 0 Å². The minimum atomic E-state index is 0.333. The standard InChI is InChI=1S/C16H24Br2N2/c1-3-16(4-2)7-8-20(11-16)15(10-19)12-5-6-13(17)14(18)9-12/h5-6,9,15H,3-4,7-8,10-11,19H2,1-2H3. The third-order valence-corrected chi connectivity index (χ3v) is 6.84. The third kappa shape index (κ3) is 3.29. The van der Waals surface area contributed by atoms with Gasteiger partial charge < -0.3 is 5.73 Å². The smallest absolute Gasteiger partial charge is 0.0471 e. The van der Waals surface area contributed by atoms with Gasteiger partial charge in [0.05, 0.1) is 0 Å². The second kappa shape index (κ2) is 6.91. The lowest BCUT2D eigenvalue weighted by Gasteiger charge is -2.31. The maximum atomic E-state index is 6.08. The van der Waals surface area contributed by atoms with Crippen LogP contribution >= 0.6 is 31.9 Å². The first-order valence-electron chi connectivity index (χ1n) is 7.44. The van der Waals surface area contributed by atoms with Crippen molar-refractivity contribution < 1.29 is 0 Å². The van der Waals surface area contributed by atoms with Crippen molar-refractivity contribution in [2.45, 2.75) is 39.2 Å². The van der Waals surface area contributed by atoms with Crippen molar-refractivity contribution in [1.82, 2.24) is 4.90 Å². The Morgan fingerprint density at radius 3 is 2.45 bits per heavy atom. The van der Waals surface area contributed by atoms with E-state index in [4.69, 9.17) is 5.73 Å². The lowest BCUT2D eigenvalue weighted by atomic mass is 9.82. The number of rotatable bonds is 5. The largest absolute Gasteiger partial charge is 0.329 e. The fourth-order valence-electron chi connectivity index (χ4n) is 3.28. The quantitative estimate of drug-likeness (QED) is 0.770. The van der Waals surface area contributed by atoms with Crippen molar-refractivity contribution in [3.8, 4) is 0 Å². The van der Waals surface area contributed by atoms with Crippen LogP contribution in [0.25, 0.3) is 0 Å². The lowest BCUT2D eigenvalue weighted by molar-refractivity contribution is 0.197. The summed E-state index contributed by atoms with van der Waals surface area (Å²) in [5.74, 6) is 0. The van der Waals surface area contributed by atoms with Gasteiger partial charge in [-0.3, -0.25) is 4.90 Å². The minimum Gasteiger partial charge on any atom is -0.329 e. The van der Waals surface area contributed by atoms with E-state index in [-0.39, 0.29) is 0 Å². The molecule has 4 heteroatoms. The summed E-state index contributed by atoms with van der Waals surface area (Å²) in [7, 11) is 0. The number of hydrogen-bond donors (Lipinski definition) is 1. The maximum absolute atomic E-state index is 6.08. The van der Waals surface area contributed by atoms with Crippen LogP contribution in [0.1, 0.15) is 44.7 Å². The molecule has 0 spiro atoms. The Kier molecular flexibility index (Phi) is 5.69. The molecular formula is C16H24Br2N2. The highest BCUT2D eigenvalue weighted by Gasteiger charge is 2.37. The number of hydrogen-bond acceptors (Lipinski definition) is 2. The molecule has 1 atom stereocenters. The second-order valence-corrected chi connectivity index (χ2v) is 7.56. The van der Waals surface area contributed by atoms with Crippen molar-refractivity contribution in [3.63, 3.8) is 0 Å². The van der Waals surface area contributed by atoms with E-state index in [0.29, 0.717) is 18.0 Å². The monoisotopic (exact) mass is 402 g/mol. The van der Waals surface area contributed by atoms with Gasteiger partial charge in [-0.1, -0.05) is 19.9 Å². The van der Waals surface area contributed by atoms with Gasteiger partial charge in [0.25, 0.3) is 0 Å². The zero-order valence-electron chi connectivity index (χ0n) is 12.3. The van der Waals surface area contributed by atoms with Crippen LogP contribution in [0.5, 0.6) is 0 Å². The van der Waals surface area contributed by atoms with Gasteiger partial charge >= 0.3 is 0 Å². The summed E-state index contributed by atoms with van der Waals surface area (Å²) < 4.78 is 2.19. The normalized spacial score (nSPS) is 20.2. The van der Waals surface area contributed by atoms with Crippen LogP contribution in [0.3, 0.4) is 0 Å². The summed E-state index contributed by atoms with van der Waals surface area (Å²) in [4.78, 5) is 2.57. The van der Waals surface area contributed by atoms with E-state index in [1.165, 1.54) is 31.4 Å². The third-order valence-electron chi connectivity index (χ3n) is 4.96. The van der Waals surface area contributed by atoms with Crippen molar-refractivity contribution in [2.75, 3.05) is 19.6 Å².